The third kappa shape index (κ3) is 2.19. The first-order valence-corrected chi connectivity index (χ1v) is 5.75. The molecule has 1 heterocycles. The van der Waals surface area contributed by atoms with Crippen LogP contribution in [0.1, 0.15) is 23.7 Å². The van der Waals surface area contributed by atoms with Gasteiger partial charge >= 0.3 is 11.8 Å². The number of ketones is 1. The van der Waals surface area contributed by atoms with Gasteiger partial charge < -0.3 is 14.6 Å². The molecule has 18 heavy (non-hydrogen) atoms. The van der Waals surface area contributed by atoms with E-state index in [2.05, 4.69) is 4.74 Å². The number of halogens is 1. The van der Waals surface area contributed by atoms with Gasteiger partial charge in [0.25, 0.3) is 0 Å². The van der Waals surface area contributed by atoms with E-state index in [9.17, 15) is 14.7 Å². The van der Waals surface area contributed by atoms with Gasteiger partial charge in [-0.1, -0.05) is 11.6 Å². The standard InChI is InChI=1S/C12H11ClO5/c1-2-17-11(15)12(16)6-9(14)8-5-7(13)3-4-10(8)18-12/h3-5,16H,2,6H2,1H3/t12-/m0/s1. The number of benzene rings is 1. The summed E-state index contributed by atoms with van der Waals surface area (Å²) < 4.78 is 9.84. The highest BCUT2D eigenvalue weighted by Crippen LogP contribution is 2.34. The van der Waals surface area contributed by atoms with Crippen molar-refractivity contribution in [1.29, 1.82) is 0 Å². The van der Waals surface area contributed by atoms with Crippen LogP contribution >= 0.6 is 11.6 Å². The number of fused-ring (bicyclic) bond motifs is 1. The number of hydrogen-bond donors (Lipinski definition) is 1. The highest BCUT2D eigenvalue weighted by molar-refractivity contribution is 6.31. The lowest BCUT2D eigenvalue weighted by Gasteiger charge is -2.30. The molecule has 1 aromatic carbocycles. The lowest BCUT2D eigenvalue weighted by atomic mass is 9.98. The van der Waals surface area contributed by atoms with Gasteiger partial charge in [-0.2, -0.15) is 0 Å². The summed E-state index contributed by atoms with van der Waals surface area (Å²) in [6.45, 7) is 1.69. The van der Waals surface area contributed by atoms with Crippen LogP contribution in [0, 0.1) is 0 Å². The van der Waals surface area contributed by atoms with Crippen molar-refractivity contribution in [2.45, 2.75) is 19.1 Å². The van der Waals surface area contributed by atoms with Gasteiger partial charge in [-0.05, 0) is 25.1 Å². The number of Topliss-reactive ketones (excluding diaryl/α,β-unsaturated/α-hetero) is 1. The van der Waals surface area contributed by atoms with Crippen LogP contribution in [0.2, 0.25) is 5.02 Å². The fourth-order valence-corrected chi connectivity index (χ4v) is 1.87. The molecule has 0 saturated carbocycles. The first-order chi connectivity index (χ1) is 8.46. The molecule has 1 aromatic rings. The fraction of sp³-hybridized carbons (Fsp3) is 0.333. The Morgan fingerprint density at radius 3 is 3.00 bits per heavy atom. The predicted octanol–water partition coefficient (Wildman–Crippen LogP) is 1.56. The largest absolute Gasteiger partial charge is 0.461 e. The van der Waals surface area contributed by atoms with E-state index in [4.69, 9.17) is 16.3 Å². The summed E-state index contributed by atoms with van der Waals surface area (Å²) in [5, 5.41) is 10.4. The van der Waals surface area contributed by atoms with Crippen molar-refractivity contribution in [2.24, 2.45) is 0 Å². The molecule has 0 aromatic heterocycles. The van der Waals surface area contributed by atoms with E-state index in [1.807, 2.05) is 0 Å². The summed E-state index contributed by atoms with van der Waals surface area (Å²) in [4.78, 5) is 23.4. The molecule has 0 fully saturated rings. The van der Waals surface area contributed by atoms with Gasteiger partial charge in [0, 0.05) is 5.02 Å². The zero-order chi connectivity index (χ0) is 13.3. The average molecular weight is 271 g/mol. The molecule has 0 radical (unpaired) electrons. The van der Waals surface area contributed by atoms with E-state index in [0.717, 1.165) is 0 Å². The molecule has 5 nitrogen and oxygen atoms in total. The molecule has 0 bridgehead atoms. The Balaban J connectivity index is 2.36. The van der Waals surface area contributed by atoms with Crippen LogP contribution in [0.3, 0.4) is 0 Å². The van der Waals surface area contributed by atoms with Crippen LogP contribution in [-0.2, 0) is 9.53 Å². The second-order valence-electron chi connectivity index (χ2n) is 3.85. The zero-order valence-corrected chi connectivity index (χ0v) is 10.4. The summed E-state index contributed by atoms with van der Waals surface area (Å²) in [7, 11) is 0. The lowest BCUT2D eigenvalue weighted by Crippen LogP contribution is -2.50. The Labute approximate surface area is 108 Å². The zero-order valence-electron chi connectivity index (χ0n) is 9.60. The third-order valence-corrected chi connectivity index (χ3v) is 2.75. The first-order valence-electron chi connectivity index (χ1n) is 5.37. The van der Waals surface area contributed by atoms with Gasteiger partial charge in [0.05, 0.1) is 18.6 Å². The third-order valence-electron chi connectivity index (χ3n) is 2.52. The normalized spacial score (nSPS) is 22.1. The molecule has 1 aliphatic heterocycles. The van der Waals surface area contributed by atoms with Gasteiger partial charge in [0.15, 0.2) is 5.78 Å². The fourth-order valence-electron chi connectivity index (χ4n) is 1.70. The molecule has 1 atom stereocenters. The lowest BCUT2D eigenvalue weighted by molar-refractivity contribution is -0.200. The summed E-state index contributed by atoms with van der Waals surface area (Å²) in [6.07, 6.45) is -0.487. The van der Waals surface area contributed by atoms with E-state index >= 15 is 0 Å². The van der Waals surface area contributed by atoms with Crippen molar-refractivity contribution in [3.05, 3.63) is 28.8 Å². The molecule has 2 rings (SSSR count). The topological polar surface area (TPSA) is 72.8 Å². The second kappa shape index (κ2) is 4.59. The van der Waals surface area contributed by atoms with Crippen molar-refractivity contribution in [1.82, 2.24) is 0 Å². The number of carbonyl (C=O) groups is 2. The average Bonchev–Trinajstić information content (AvgIpc) is 2.30. The smallest absolute Gasteiger partial charge is 0.380 e. The molecule has 1 aliphatic rings. The molecule has 1 N–H and O–H groups in total. The second-order valence-corrected chi connectivity index (χ2v) is 4.28. The van der Waals surface area contributed by atoms with Gasteiger partial charge in [-0.15, -0.1) is 0 Å². The van der Waals surface area contributed by atoms with Gasteiger partial charge in [0.2, 0.25) is 0 Å². The van der Waals surface area contributed by atoms with Crippen molar-refractivity contribution >= 4 is 23.4 Å². The van der Waals surface area contributed by atoms with Gasteiger partial charge in [0.1, 0.15) is 5.75 Å². The summed E-state index contributed by atoms with van der Waals surface area (Å²) in [5.74, 6) is -3.53. The van der Waals surface area contributed by atoms with Crippen molar-refractivity contribution in [3.63, 3.8) is 0 Å². The van der Waals surface area contributed by atoms with E-state index in [0.29, 0.717) is 5.02 Å². The Hall–Kier alpha value is -1.59. The Morgan fingerprint density at radius 1 is 1.61 bits per heavy atom. The number of aliphatic hydroxyl groups is 1. The molecule has 0 saturated heterocycles. The predicted molar refractivity (Wildman–Crippen MR) is 62.6 cm³/mol. The van der Waals surface area contributed by atoms with Crippen molar-refractivity contribution < 1.29 is 24.2 Å². The van der Waals surface area contributed by atoms with Crippen LogP contribution < -0.4 is 4.74 Å². The maximum absolute atomic E-state index is 11.9. The van der Waals surface area contributed by atoms with Gasteiger partial charge in [-0.3, -0.25) is 4.79 Å². The minimum Gasteiger partial charge on any atom is -0.461 e. The Bertz CT molecular complexity index is 513. The van der Waals surface area contributed by atoms with Crippen LogP contribution in [-0.4, -0.2) is 29.3 Å². The molecule has 0 spiro atoms. The first kappa shape index (κ1) is 12.9. The maximum atomic E-state index is 11.9. The number of ether oxygens (including phenoxy) is 2. The van der Waals surface area contributed by atoms with Crippen molar-refractivity contribution in [3.8, 4) is 5.75 Å². The molecular formula is C12H11ClO5. The molecule has 0 aliphatic carbocycles. The van der Waals surface area contributed by atoms with E-state index in [1.165, 1.54) is 18.2 Å². The summed E-state index contributed by atoms with van der Waals surface area (Å²) in [6, 6.07) is 4.37. The van der Waals surface area contributed by atoms with Gasteiger partial charge in [-0.25, -0.2) is 4.79 Å². The van der Waals surface area contributed by atoms with E-state index in [1.54, 1.807) is 6.92 Å². The minimum absolute atomic E-state index is 0.0895. The Kier molecular flexibility index (Phi) is 3.28. The summed E-state index contributed by atoms with van der Waals surface area (Å²) >= 11 is 5.76. The number of esters is 1. The highest BCUT2D eigenvalue weighted by atomic mass is 35.5. The molecule has 0 amide bonds. The van der Waals surface area contributed by atoms with Crippen LogP contribution in [0.25, 0.3) is 0 Å². The maximum Gasteiger partial charge on any atom is 0.380 e. The summed E-state index contributed by atoms with van der Waals surface area (Å²) in [5.41, 5.74) is 0.247. The van der Waals surface area contributed by atoms with Crippen LogP contribution in [0.15, 0.2) is 18.2 Å². The number of carbonyl (C=O) groups excluding carboxylic acids is 2. The van der Waals surface area contributed by atoms with Crippen molar-refractivity contribution in [2.75, 3.05) is 6.61 Å². The molecule has 96 valence electrons. The Morgan fingerprint density at radius 2 is 2.33 bits per heavy atom. The molecule has 0 unspecified atom stereocenters. The minimum atomic E-state index is -2.26. The SMILES string of the molecule is CCOC(=O)[C@]1(O)CC(=O)c2cc(Cl)ccc2O1. The highest BCUT2D eigenvalue weighted by Gasteiger charge is 2.47. The van der Waals surface area contributed by atoms with Crippen LogP contribution in [0.5, 0.6) is 5.75 Å². The van der Waals surface area contributed by atoms with Crippen LogP contribution in [0.4, 0.5) is 0 Å². The number of rotatable bonds is 2. The quantitative estimate of drug-likeness (QED) is 0.826. The number of hydrogen-bond acceptors (Lipinski definition) is 5. The monoisotopic (exact) mass is 270 g/mol. The van der Waals surface area contributed by atoms with E-state index < -0.39 is 24.0 Å². The molecule has 6 heteroatoms. The van der Waals surface area contributed by atoms with E-state index in [-0.39, 0.29) is 17.9 Å². The molecular weight excluding hydrogens is 260 g/mol.